The molecule has 0 spiro atoms. The van der Waals surface area contributed by atoms with Crippen LogP contribution in [0.5, 0.6) is 46.0 Å². The van der Waals surface area contributed by atoms with E-state index in [1.54, 1.807) is 0 Å². The molecule has 6 atom stereocenters. The molecule has 6 unspecified atom stereocenters. The summed E-state index contributed by atoms with van der Waals surface area (Å²) in [4.78, 5) is 40.1. The van der Waals surface area contributed by atoms with Crippen LogP contribution in [0.3, 0.4) is 0 Å². The van der Waals surface area contributed by atoms with Gasteiger partial charge in [-0.1, -0.05) is 155 Å². The zero-order chi connectivity index (χ0) is 89.8. The molecular weight excluding hydrogens is 1610 g/mol. The maximum absolute atomic E-state index is 10.9. The second-order valence-electron chi connectivity index (χ2n) is 29.8. The first-order valence-electron chi connectivity index (χ1n) is 43.9. The van der Waals surface area contributed by atoms with Gasteiger partial charge in [-0.3, -0.25) is 0 Å². The molecular formula is C90H138N8O26. The van der Waals surface area contributed by atoms with E-state index in [1.807, 2.05) is 48.5 Å². The zero-order valence-electron chi connectivity index (χ0n) is 74.6. The number of aromatic nitrogens is 8. The van der Waals surface area contributed by atoms with Crippen molar-refractivity contribution in [2.24, 2.45) is 0 Å². The van der Waals surface area contributed by atoms with E-state index < -0.39 is 61.0 Å². The highest BCUT2D eigenvalue weighted by molar-refractivity contribution is 6.15. The van der Waals surface area contributed by atoms with Gasteiger partial charge in [0, 0.05) is 50.3 Å². The number of nitrogens with zero attached hydrogens (tertiary/aromatic N) is 6. The second-order valence-corrected chi connectivity index (χ2v) is 29.8. The molecule has 8 bridgehead atoms. The lowest BCUT2D eigenvalue weighted by Crippen LogP contribution is -2.65. The van der Waals surface area contributed by atoms with Crippen LogP contribution in [0.4, 0.5) is 0 Å². The van der Waals surface area contributed by atoms with Gasteiger partial charge >= 0.3 is 0 Å². The molecule has 2 aliphatic rings. The van der Waals surface area contributed by atoms with Crippen LogP contribution in [0.1, 0.15) is 158 Å². The van der Waals surface area contributed by atoms with Gasteiger partial charge in [0.1, 0.15) is 70.4 Å². The molecule has 0 aliphatic carbocycles. The first-order valence-corrected chi connectivity index (χ1v) is 43.9. The number of unbranched alkanes of at least 4 members (excludes halogenated alkanes) is 8. The molecule has 2 aliphatic heterocycles. The minimum absolute atomic E-state index is 0.103. The van der Waals surface area contributed by atoms with Crippen molar-refractivity contribution in [3.8, 4) is 91.5 Å². The Morgan fingerprint density at radius 2 is 0.548 bits per heavy atom. The molecule has 7 aromatic rings. The van der Waals surface area contributed by atoms with E-state index in [4.69, 9.17) is 126 Å². The fourth-order valence-corrected chi connectivity index (χ4v) is 13.8. The third-order valence-corrected chi connectivity index (χ3v) is 20.5. The van der Waals surface area contributed by atoms with Gasteiger partial charge in [-0.15, -0.1) is 0 Å². The number of ether oxygens (including phenoxy) is 16. The minimum atomic E-state index is -2.06. The molecule has 12 N–H and O–H groups in total. The van der Waals surface area contributed by atoms with Crippen LogP contribution in [0, 0.1) is 0 Å². The summed E-state index contributed by atoms with van der Waals surface area (Å²) in [7, 11) is 5.50. The SMILES string of the molecule is CCCCOc1c(OCCCC)c(OCCCC)c2c(c1OCCCC)-c1nc-2nc2[nH]c(nc3nc(nc4[nH]c(n1)c1ccccc41)-c1ccccc1-3)c1c(OCCCC)c(OCCCC)c(OCCCC)c(OCCCC)c21.COCC(OCCO)C(O)(C(O)CO)C(COC)OCCO.COCC(OCCO)C(O)(C(O)CO)C(COC)OCCO. The standard InChI is InChI=1S/C64H82N8O8.2C13H28O9/c1-9-17-33-73-49-45-47(51(75-35-19-11-3)55(79-39-23-15-7)53(49)77-37-21-13-5)63-70-61(45)68-59-43-31-27-25-29-41(43)57(66-59)65-58-42-30-26-28-32-44(42)60(67-58)69-62-46-48(64(71-62)72-63)52(76-36-20-12-4)56(80-40-24-16-8)54(78-38-22-14-6)50(46)74-34-18-10-2;2*1-19-8-11(21-5-3-14)13(18,10(17)7-16)12(9-20-2)22-6-4-15/h25-32H,9-24,33-40H2,1-8H3,(H2,65,66,67,68,69,70,71,72);2*10-12,14-18H,3-9H2,1-2H3. The monoisotopic (exact) mass is 1750 g/mol. The van der Waals surface area contributed by atoms with Crippen LogP contribution in [-0.4, -0.2) is 313 Å². The number of benzene rings is 4. The van der Waals surface area contributed by atoms with E-state index in [0.717, 1.165) is 125 Å². The van der Waals surface area contributed by atoms with Crippen LogP contribution in [0.15, 0.2) is 48.5 Å². The van der Waals surface area contributed by atoms with Gasteiger partial charge in [-0.05, 0) is 51.4 Å². The van der Waals surface area contributed by atoms with Crippen molar-refractivity contribution in [1.29, 1.82) is 0 Å². The molecule has 5 heterocycles. The first-order chi connectivity index (χ1) is 60.5. The summed E-state index contributed by atoms with van der Waals surface area (Å²) in [5, 5.41) is 98.9. The number of aliphatic hydroxyl groups is 10. The quantitative estimate of drug-likeness (QED) is 0.0158. The number of rotatable bonds is 60. The van der Waals surface area contributed by atoms with E-state index in [1.165, 1.54) is 28.4 Å². The largest absolute Gasteiger partial charge is 0.489 e. The molecule has 34 heteroatoms. The van der Waals surface area contributed by atoms with Crippen molar-refractivity contribution in [3.05, 3.63) is 48.5 Å². The highest BCUT2D eigenvalue weighted by Crippen LogP contribution is 2.59. The Hall–Kier alpha value is -8.08. The molecule has 3 aromatic heterocycles. The van der Waals surface area contributed by atoms with Crippen LogP contribution >= 0.6 is 0 Å². The molecule has 9 rings (SSSR count). The van der Waals surface area contributed by atoms with Gasteiger partial charge in [-0.25, -0.2) is 29.9 Å². The normalized spacial score (nSPS) is 14.2. The summed E-state index contributed by atoms with van der Waals surface area (Å²) in [5.41, 5.74) is 0.600. The van der Waals surface area contributed by atoms with Crippen molar-refractivity contribution < 1.29 is 127 Å². The van der Waals surface area contributed by atoms with Crippen molar-refractivity contribution in [2.45, 2.75) is 206 Å². The molecule has 0 radical (unpaired) electrons. The van der Waals surface area contributed by atoms with Gasteiger partial charge in [0.25, 0.3) is 0 Å². The van der Waals surface area contributed by atoms with Crippen LogP contribution in [0.2, 0.25) is 0 Å². The fourth-order valence-electron chi connectivity index (χ4n) is 13.8. The Kier molecular flexibility index (Phi) is 46.1. The minimum Gasteiger partial charge on any atom is -0.489 e. The molecule has 0 saturated carbocycles. The second kappa shape index (κ2) is 55.5. The third kappa shape index (κ3) is 26.5. The molecule has 34 nitrogen and oxygen atoms in total. The van der Waals surface area contributed by atoms with Crippen molar-refractivity contribution in [3.63, 3.8) is 0 Å². The summed E-state index contributed by atoms with van der Waals surface area (Å²) in [5.74, 6) is 5.28. The number of aromatic amines is 2. The van der Waals surface area contributed by atoms with Crippen molar-refractivity contribution >= 4 is 44.1 Å². The summed E-state index contributed by atoms with van der Waals surface area (Å²) in [6.45, 7) is 17.0. The number of nitrogens with one attached hydrogen (secondary N) is 2. The van der Waals surface area contributed by atoms with Crippen LogP contribution in [0.25, 0.3) is 89.7 Å². The van der Waals surface area contributed by atoms with Gasteiger partial charge < -0.3 is 137 Å². The predicted molar refractivity (Wildman–Crippen MR) is 470 cm³/mol. The van der Waals surface area contributed by atoms with Gasteiger partial charge in [0.05, 0.1) is 167 Å². The zero-order valence-corrected chi connectivity index (χ0v) is 74.6. The summed E-state index contributed by atoms with van der Waals surface area (Å²) >= 11 is 0. The topological polar surface area (TPSA) is 459 Å². The fraction of sp³-hybridized carbons (Fsp3) is 0.644. The first kappa shape index (κ1) is 103. The van der Waals surface area contributed by atoms with E-state index in [2.05, 4.69) is 65.4 Å². The number of hydrogen-bond acceptors (Lipinski definition) is 32. The predicted octanol–water partition coefficient (Wildman–Crippen LogP) is 10.5. The Morgan fingerprint density at radius 1 is 0.306 bits per heavy atom. The number of hydrogen-bond donors (Lipinski definition) is 12. The van der Waals surface area contributed by atoms with E-state index >= 15 is 0 Å². The molecule has 694 valence electrons. The molecule has 124 heavy (non-hydrogen) atoms. The lowest BCUT2D eigenvalue weighted by atomic mass is 9.84. The smallest absolute Gasteiger partial charge is 0.208 e. The number of fused-ring (bicyclic) bond motifs is 20. The maximum atomic E-state index is 10.9. The highest BCUT2D eigenvalue weighted by atomic mass is 16.6. The van der Waals surface area contributed by atoms with Crippen molar-refractivity contribution in [1.82, 2.24) is 39.9 Å². The third-order valence-electron chi connectivity index (χ3n) is 20.5. The Morgan fingerprint density at radius 3 is 0.831 bits per heavy atom. The Bertz CT molecular complexity index is 4330. The average molecular weight is 1750 g/mol. The van der Waals surface area contributed by atoms with E-state index in [-0.39, 0.29) is 79.3 Å². The lowest BCUT2D eigenvalue weighted by molar-refractivity contribution is -0.249. The van der Waals surface area contributed by atoms with Gasteiger partial charge in [-0.2, -0.15) is 0 Å². The Balaban J connectivity index is 0.000000392. The number of aliphatic hydroxyl groups excluding tert-OH is 8. The number of H-pyrrole nitrogens is 2. The number of methoxy groups -OCH3 is 4. The molecule has 0 amide bonds. The molecule has 0 saturated heterocycles. The summed E-state index contributed by atoms with van der Waals surface area (Å²) in [6, 6.07) is 16.1. The Labute approximate surface area is 727 Å². The highest BCUT2D eigenvalue weighted by Gasteiger charge is 2.53. The lowest BCUT2D eigenvalue weighted by Gasteiger charge is -2.43. The maximum Gasteiger partial charge on any atom is 0.208 e. The van der Waals surface area contributed by atoms with Crippen molar-refractivity contribution in [2.75, 3.05) is 174 Å². The molecule has 0 fully saturated rings. The van der Waals surface area contributed by atoms with E-state index in [9.17, 15) is 30.6 Å². The summed E-state index contributed by atoms with van der Waals surface area (Å²) < 4.78 is 96.9. The van der Waals surface area contributed by atoms with E-state index in [0.29, 0.717) is 167 Å². The molecule has 4 aromatic carbocycles. The van der Waals surface area contributed by atoms with Gasteiger partial charge in [0.15, 0.2) is 46.3 Å². The summed E-state index contributed by atoms with van der Waals surface area (Å²) in [6.07, 6.45) is 6.18. The van der Waals surface area contributed by atoms with Crippen LogP contribution in [-0.2, 0) is 37.9 Å². The average Bonchev–Trinajstić information content (AvgIpc) is 1.57. The van der Waals surface area contributed by atoms with Gasteiger partial charge in [0.2, 0.25) is 23.0 Å². The van der Waals surface area contributed by atoms with Crippen LogP contribution < -0.4 is 37.9 Å².